The fourth-order valence-corrected chi connectivity index (χ4v) is 10.3. The number of nitrogens with two attached hydrogens (primary N) is 8. The van der Waals surface area contributed by atoms with Gasteiger partial charge < -0.3 is 120 Å². The molecule has 0 heterocycles. The van der Waals surface area contributed by atoms with Crippen LogP contribution in [0.25, 0.3) is 4.85 Å². The van der Waals surface area contributed by atoms with E-state index in [1.54, 1.807) is 117 Å². The number of alkyl halides is 6. The Morgan fingerprint density at radius 1 is 0.350 bits per heavy atom. The number of hydrogen-bond donors (Lipinski definition) is 16. The maximum absolute atomic E-state index is 12.5. The minimum absolute atomic E-state index is 0.0405. The van der Waals surface area contributed by atoms with E-state index in [-0.39, 0.29) is 56.2 Å². The SMILES string of the molecule is COc1cc(OC)cc(C(N)CC(=O)O)c1.COc1ccc(C(N)CC(=O)O)c(OC)c1.COc1ccc(C(N)CC(=O)O)cc1.COc1cccc(C(N)CC(=O)O)c1OC.NC(CC(=O)O)c1ccc(C(F)(F)F)cc1.NC(CC(=O)O)c1ccc([N+](=O)[O-])cc1.NC(CC(=O)O)c1ccccc1C(F)(F)F.[C-]#[N+]c1ccc(C(N)CC(=O)O)cc1. The topological polar surface area (TPSA) is 619 Å². The number of carbonyl (C=O) groups is 8. The third kappa shape index (κ3) is 41.2. The van der Waals surface area contributed by atoms with Crippen molar-refractivity contribution in [3.05, 3.63) is 253 Å². The van der Waals surface area contributed by atoms with Crippen molar-refractivity contribution < 1.29 is 144 Å². The van der Waals surface area contributed by atoms with Gasteiger partial charge >= 0.3 is 60.1 Å². The van der Waals surface area contributed by atoms with Crippen molar-refractivity contribution in [1.29, 1.82) is 0 Å². The van der Waals surface area contributed by atoms with E-state index in [4.69, 9.17) is 126 Å². The summed E-state index contributed by atoms with van der Waals surface area (Å²) in [4.78, 5) is 96.6. The molecule has 0 aliphatic carbocycles. The molecule has 24 N–H and O–H groups in total. The average Bonchev–Trinajstić information content (AvgIpc) is 0.814. The summed E-state index contributed by atoms with van der Waals surface area (Å²) < 4.78 is 110. The van der Waals surface area contributed by atoms with Crippen molar-refractivity contribution in [1.82, 2.24) is 0 Å². The largest absolute Gasteiger partial charge is 0.497 e. The molecule has 0 saturated heterocycles. The third-order valence-electron chi connectivity index (χ3n) is 16.5. The van der Waals surface area contributed by atoms with E-state index in [0.29, 0.717) is 68.0 Å². The van der Waals surface area contributed by atoms with Gasteiger partial charge in [-0.05, 0) is 88.0 Å². The standard InChI is InChI=1S/3C11H15NO4.2C10H10F3NO2.C10H10N2O2.C10H13NO3.C9H10N2O4/c1-15-8-3-7(4-9(5-8)16-2)10(12)6-11(13)14;1-15-7-3-4-8(10(5-7)16-2)9(12)6-11(13)14;1-15-9-5-3-4-7(11(9)16-2)8(12)6-10(13)14;11-10(12,13)7-3-1-6(2-4-7)8(14)5-9(15)16;11-10(12,13)7-4-2-1-3-6(7)8(14)5-9(15)16;1-12-8-4-2-7(3-5-8)9(11)6-10(13)14;1-14-8-4-2-7(3-5-8)9(11)6-10(12)13;10-8(5-9(12)13)6-1-3-7(4-2-6)11(14)15/h3-5,10H,6,12H2,1-2H3,(H,13,14);3-5,9H,6,12H2,1-2H3,(H,13,14);3-5,8H,6,12H2,1-2H3,(H,13,14);2*1-4,8H,5,14H2,(H,15,16);2-5,9H,6,11H2,(H,13,14);2-5,9H,6,11H2,1H3,(H,12,13);1-4,8H,5,10H2,(H,12,13). The summed E-state index contributed by atoms with van der Waals surface area (Å²) in [7, 11) is 10.7. The molecule has 0 fully saturated rings. The van der Waals surface area contributed by atoms with E-state index in [9.17, 15) is 74.8 Å². The summed E-state index contributed by atoms with van der Waals surface area (Å²) in [5.74, 6) is -3.84. The Morgan fingerprint density at radius 2 is 0.675 bits per heavy atom. The summed E-state index contributed by atoms with van der Waals surface area (Å²) in [6.07, 6.45) is -10.5. The quantitative estimate of drug-likeness (QED) is 0.00806. The molecule has 8 aromatic rings. The molecule has 8 atom stereocenters. The molecular formula is C82H98F6N10O25. The molecule has 35 nitrogen and oxygen atoms in total. The Labute approximate surface area is 701 Å². The van der Waals surface area contributed by atoms with Crippen molar-refractivity contribution in [2.24, 2.45) is 45.9 Å². The van der Waals surface area contributed by atoms with Gasteiger partial charge in [0.2, 0.25) is 0 Å². The molecule has 0 aliphatic heterocycles. The predicted octanol–water partition coefficient (Wildman–Crippen LogP) is 11.8. The normalized spacial score (nSPS) is 12.4. The lowest BCUT2D eigenvalue weighted by Crippen LogP contribution is -2.19. The fourth-order valence-electron chi connectivity index (χ4n) is 10.3. The highest BCUT2D eigenvalue weighted by molar-refractivity contribution is 5.71. The van der Waals surface area contributed by atoms with E-state index in [2.05, 4.69) is 4.85 Å². The van der Waals surface area contributed by atoms with E-state index >= 15 is 0 Å². The number of halogens is 6. The summed E-state index contributed by atoms with van der Waals surface area (Å²) in [6, 6.07) is 38.2. The van der Waals surface area contributed by atoms with Gasteiger partial charge in [0.15, 0.2) is 17.2 Å². The Morgan fingerprint density at radius 3 is 1.02 bits per heavy atom. The Balaban J connectivity index is 0.000000703. The number of para-hydroxylation sites is 1. The van der Waals surface area contributed by atoms with Crippen LogP contribution in [0.4, 0.5) is 37.7 Å². The van der Waals surface area contributed by atoms with Gasteiger partial charge in [-0.1, -0.05) is 97.1 Å². The number of methoxy groups -OCH3 is 7. The van der Waals surface area contributed by atoms with E-state index in [1.807, 2.05) is 0 Å². The molecule has 0 amide bonds. The van der Waals surface area contributed by atoms with Gasteiger partial charge in [0.25, 0.3) is 5.69 Å². The van der Waals surface area contributed by atoms with Gasteiger partial charge in [-0.3, -0.25) is 48.5 Å². The first-order valence-electron chi connectivity index (χ1n) is 35.8. The first-order chi connectivity index (χ1) is 57.6. The van der Waals surface area contributed by atoms with Crippen LogP contribution in [0, 0.1) is 16.7 Å². The summed E-state index contributed by atoms with van der Waals surface area (Å²) >= 11 is 0. The van der Waals surface area contributed by atoms with Gasteiger partial charge in [-0.15, -0.1) is 0 Å². The molecule has 0 spiro atoms. The number of ether oxygens (including phenoxy) is 7. The van der Waals surface area contributed by atoms with Crippen molar-refractivity contribution in [3.8, 4) is 40.2 Å². The number of nitrogens with zero attached hydrogens (tertiary/aromatic N) is 2. The summed E-state index contributed by atoms with van der Waals surface area (Å²) in [5.41, 5.74) is 48.1. The lowest BCUT2D eigenvalue weighted by atomic mass is 9.98. The third-order valence-corrected chi connectivity index (χ3v) is 16.5. The van der Waals surface area contributed by atoms with Crippen LogP contribution in [0.5, 0.6) is 40.2 Å². The number of nitro benzene ring substituents is 1. The molecular weight excluding hydrogens is 1640 g/mol. The lowest BCUT2D eigenvalue weighted by molar-refractivity contribution is -0.384. The predicted molar refractivity (Wildman–Crippen MR) is 434 cm³/mol. The lowest BCUT2D eigenvalue weighted by Gasteiger charge is -2.16. The average molecular weight is 1740 g/mol. The molecule has 8 aromatic carbocycles. The van der Waals surface area contributed by atoms with Crippen LogP contribution in [0.1, 0.15) is 155 Å². The molecule has 41 heteroatoms. The van der Waals surface area contributed by atoms with Gasteiger partial charge in [-0.2, -0.15) is 26.3 Å². The second-order valence-corrected chi connectivity index (χ2v) is 25.5. The molecule has 8 unspecified atom stereocenters. The number of rotatable bonds is 32. The number of carboxylic acid groups (broad SMARTS) is 8. The first kappa shape index (κ1) is 107. The zero-order valence-electron chi connectivity index (χ0n) is 67.3. The number of nitro groups is 1. The highest BCUT2D eigenvalue weighted by Gasteiger charge is 2.35. The summed E-state index contributed by atoms with van der Waals surface area (Å²) in [6.45, 7) is 6.73. The Hall–Kier alpha value is -13.7. The maximum atomic E-state index is 12.5. The molecule has 8 rings (SSSR count). The molecule has 0 radical (unpaired) electrons. The molecule has 0 saturated carbocycles. The molecule has 0 aliphatic rings. The highest BCUT2D eigenvalue weighted by atomic mass is 19.4. The van der Waals surface area contributed by atoms with Gasteiger partial charge in [-0.25, -0.2) is 4.85 Å². The Kier molecular flexibility index (Phi) is 47.5. The van der Waals surface area contributed by atoms with Crippen LogP contribution >= 0.6 is 0 Å². The number of aliphatic carboxylic acids is 8. The van der Waals surface area contributed by atoms with Crippen molar-refractivity contribution in [2.45, 2.75) is 112 Å². The Bertz CT molecular complexity index is 4700. The van der Waals surface area contributed by atoms with Crippen molar-refractivity contribution >= 4 is 59.1 Å². The smallest absolute Gasteiger partial charge is 0.416 e. The van der Waals surface area contributed by atoms with Crippen LogP contribution in [0.15, 0.2) is 176 Å². The van der Waals surface area contributed by atoms with Crippen LogP contribution in [-0.2, 0) is 50.7 Å². The second kappa shape index (κ2) is 54.4. The minimum Gasteiger partial charge on any atom is -0.497 e. The van der Waals surface area contributed by atoms with Gasteiger partial charge in [0.1, 0.15) is 28.7 Å². The van der Waals surface area contributed by atoms with E-state index in [0.717, 1.165) is 35.1 Å². The van der Waals surface area contributed by atoms with Gasteiger partial charge in [0.05, 0.1) is 124 Å². The van der Waals surface area contributed by atoms with E-state index in [1.165, 1.54) is 90.1 Å². The van der Waals surface area contributed by atoms with Gasteiger partial charge in [0, 0.05) is 83.7 Å². The summed E-state index contributed by atoms with van der Waals surface area (Å²) in [5, 5.41) is 78.8. The second-order valence-electron chi connectivity index (χ2n) is 25.5. The fraction of sp³-hybridized carbons (Fsp3) is 0.305. The first-order valence-corrected chi connectivity index (χ1v) is 35.8. The zero-order valence-corrected chi connectivity index (χ0v) is 67.3. The highest BCUT2D eigenvalue weighted by Crippen LogP contribution is 2.37. The van der Waals surface area contributed by atoms with Crippen LogP contribution in [0.3, 0.4) is 0 Å². The zero-order chi connectivity index (χ0) is 93.6. The minimum atomic E-state index is -4.52. The number of carboxylic acids is 8. The monoisotopic (exact) mass is 1740 g/mol. The van der Waals surface area contributed by atoms with E-state index < -0.39 is 131 Å². The van der Waals surface area contributed by atoms with Crippen LogP contribution in [-0.4, -0.2) is 143 Å². The molecule has 0 bridgehead atoms. The maximum Gasteiger partial charge on any atom is 0.416 e. The van der Waals surface area contributed by atoms with Crippen molar-refractivity contribution in [2.75, 3.05) is 49.8 Å². The number of benzene rings is 8. The van der Waals surface area contributed by atoms with Crippen molar-refractivity contribution in [3.63, 3.8) is 0 Å². The molecule has 668 valence electrons. The number of hydrogen-bond acceptors (Lipinski definition) is 25. The van der Waals surface area contributed by atoms with Crippen LogP contribution < -0.4 is 79.0 Å². The molecule has 123 heavy (non-hydrogen) atoms. The molecule has 0 aromatic heterocycles. The van der Waals surface area contributed by atoms with Crippen LogP contribution in [0.2, 0.25) is 0 Å². The number of non-ortho nitro benzene ring substituents is 1.